The Morgan fingerprint density at radius 3 is 2.42 bits per heavy atom. The highest BCUT2D eigenvalue weighted by Gasteiger charge is 2.05. The Hall–Kier alpha value is -1.52. The fourth-order valence-corrected chi connectivity index (χ4v) is 1.77. The minimum Gasteiger partial charge on any atom is -0.491 e. The number of halogens is 2. The molecule has 100 valence electrons. The molecule has 1 aromatic heterocycles. The number of benzene rings is 1. The Balaban J connectivity index is 2.13. The van der Waals surface area contributed by atoms with E-state index in [0.717, 1.165) is 11.4 Å². The zero-order valence-electron chi connectivity index (χ0n) is 10.5. The number of nitrogens with one attached hydrogen (secondary N) is 1. The largest absolute Gasteiger partial charge is 0.491 e. The molecule has 4 nitrogen and oxygen atoms in total. The van der Waals surface area contributed by atoms with Gasteiger partial charge in [0.15, 0.2) is 10.3 Å². The quantitative estimate of drug-likeness (QED) is 0.913. The molecule has 1 heterocycles. The third-order valence-corrected chi connectivity index (χ3v) is 2.69. The molecule has 0 saturated heterocycles. The van der Waals surface area contributed by atoms with Crippen molar-refractivity contribution in [3.63, 3.8) is 0 Å². The van der Waals surface area contributed by atoms with Gasteiger partial charge in [0.1, 0.15) is 5.75 Å². The Morgan fingerprint density at radius 1 is 1.11 bits per heavy atom. The molecule has 19 heavy (non-hydrogen) atoms. The number of hydrogen-bond donors (Lipinski definition) is 1. The maximum absolute atomic E-state index is 5.93. The van der Waals surface area contributed by atoms with Crippen LogP contribution in [0.25, 0.3) is 0 Å². The maximum Gasteiger partial charge on any atom is 0.175 e. The van der Waals surface area contributed by atoms with Crippen molar-refractivity contribution < 1.29 is 4.74 Å². The predicted molar refractivity (Wildman–Crippen MR) is 77.5 cm³/mol. The SMILES string of the molecule is CC(C)Oc1ccc(Nc2cc(Cl)nnc2Cl)cc1. The molecule has 0 aliphatic rings. The van der Waals surface area contributed by atoms with Crippen molar-refractivity contribution in [3.05, 3.63) is 40.6 Å². The van der Waals surface area contributed by atoms with E-state index in [1.807, 2.05) is 38.1 Å². The zero-order chi connectivity index (χ0) is 13.8. The van der Waals surface area contributed by atoms with Gasteiger partial charge >= 0.3 is 0 Å². The molecule has 1 aromatic carbocycles. The van der Waals surface area contributed by atoms with Gasteiger partial charge in [-0.15, -0.1) is 10.2 Å². The average molecular weight is 298 g/mol. The van der Waals surface area contributed by atoms with Crippen molar-refractivity contribution in [1.29, 1.82) is 0 Å². The van der Waals surface area contributed by atoms with E-state index in [2.05, 4.69) is 15.5 Å². The molecule has 0 aliphatic heterocycles. The molecule has 2 aromatic rings. The molecule has 0 unspecified atom stereocenters. The van der Waals surface area contributed by atoms with E-state index in [0.29, 0.717) is 5.69 Å². The molecule has 0 fully saturated rings. The second-order valence-electron chi connectivity index (χ2n) is 4.19. The highest BCUT2D eigenvalue weighted by molar-refractivity contribution is 6.33. The fourth-order valence-electron chi connectivity index (χ4n) is 1.49. The van der Waals surface area contributed by atoms with Crippen LogP contribution in [0.1, 0.15) is 13.8 Å². The monoisotopic (exact) mass is 297 g/mol. The Kier molecular flexibility index (Phi) is 4.45. The van der Waals surface area contributed by atoms with Gasteiger partial charge in [0.05, 0.1) is 11.8 Å². The van der Waals surface area contributed by atoms with Gasteiger partial charge in [-0.05, 0) is 38.1 Å². The van der Waals surface area contributed by atoms with Gasteiger partial charge in [-0.1, -0.05) is 23.2 Å². The molecule has 0 amide bonds. The number of hydrogen-bond acceptors (Lipinski definition) is 4. The molecule has 0 radical (unpaired) electrons. The Morgan fingerprint density at radius 2 is 1.79 bits per heavy atom. The third kappa shape index (κ3) is 3.98. The van der Waals surface area contributed by atoms with Gasteiger partial charge in [-0.2, -0.15) is 0 Å². The van der Waals surface area contributed by atoms with Crippen LogP contribution in [0, 0.1) is 0 Å². The van der Waals surface area contributed by atoms with E-state index >= 15 is 0 Å². The number of ether oxygens (including phenoxy) is 1. The lowest BCUT2D eigenvalue weighted by atomic mass is 10.3. The lowest BCUT2D eigenvalue weighted by Gasteiger charge is -2.11. The van der Waals surface area contributed by atoms with E-state index in [4.69, 9.17) is 27.9 Å². The molecular weight excluding hydrogens is 285 g/mol. The number of aromatic nitrogens is 2. The van der Waals surface area contributed by atoms with Crippen LogP contribution in [-0.2, 0) is 0 Å². The summed E-state index contributed by atoms with van der Waals surface area (Å²) in [5.74, 6) is 0.817. The molecule has 0 atom stereocenters. The second-order valence-corrected chi connectivity index (χ2v) is 4.93. The van der Waals surface area contributed by atoms with Crippen molar-refractivity contribution >= 4 is 34.6 Å². The zero-order valence-corrected chi connectivity index (χ0v) is 12.0. The smallest absolute Gasteiger partial charge is 0.175 e. The Labute approximate surface area is 121 Å². The summed E-state index contributed by atoms with van der Waals surface area (Å²) in [5.41, 5.74) is 1.47. The van der Waals surface area contributed by atoms with Crippen molar-refractivity contribution in [2.75, 3.05) is 5.32 Å². The first-order valence-electron chi connectivity index (χ1n) is 5.77. The van der Waals surface area contributed by atoms with Crippen LogP contribution >= 0.6 is 23.2 Å². The molecule has 1 N–H and O–H groups in total. The van der Waals surface area contributed by atoms with E-state index in [-0.39, 0.29) is 16.4 Å². The van der Waals surface area contributed by atoms with Crippen molar-refractivity contribution in [1.82, 2.24) is 10.2 Å². The third-order valence-electron chi connectivity index (χ3n) is 2.22. The predicted octanol–water partition coefficient (Wildman–Crippen LogP) is 4.31. The highest BCUT2D eigenvalue weighted by atomic mass is 35.5. The molecule has 0 bridgehead atoms. The van der Waals surface area contributed by atoms with Crippen molar-refractivity contribution in [2.24, 2.45) is 0 Å². The van der Waals surface area contributed by atoms with Gasteiger partial charge in [0.25, 0.3) is 0 Å². The van der Waals surface area contributed by atoms with Crippen LogP contribution in [0.4, 0.5) is 11.4 Å². The summed E-state index contributed by atoms with van der Waals surface area (Å²) in [5, 5.41) is 11.1. The first-order chi connectivity index (χ1) is 9.04. The molecule has 6 heteroatoms. The van der Waals surface area contributed by atoms with Gasteiger partial charge in [-0.3, -0.25) is 0 Å². The van der Waals surface area contributed by atoms with Crippen LogP contribution in [0.15, 0.2) is 30.3 Å². The van der Waals surface area contributed by atoms with Gasteiger partial charge in [0.2, 0.25) is 0 Å². The van der Waals surface area contributed by atoms with Crippen LogP contribution in [0.3, 0.4) is 0 Å². The standard InChI is InChI=1S/C13H13Cl2N3O/c1-8(2)19-10-5-3-9(4-6-10)16-11-7-12(14)17-18-13(11)15/h3-8H,1-2H3,(H,16,17). The molecule has 0 spiro atoms. The minimum absolute atomic E-state index is 0.149. The normalized spacial score (nSPS) is 10.6. The average Bonchev–Trinajstić information content (AvgIpc) is 2.35. The molecule has 0 aliphatic carbocycles. The summed E-state index contributed by atoms with van der Waals surface area (Å²) in [6, 6.07) is 9.17. The van der Waals surface area contributed by atoms with Crippen LogP contribution in [-0.4, -0.2) is 16.3 Å². The fraction of sp³-hybridized carbons (Fsp3) is 0.231. The topological polar surface area (TPSA) is 47.0 Å². The highest BCUT2D eigenvalue weighted by Crippen LogP contribution is 2.26. The first-order valence-corrected chi connectivity index (χ1v) is 6.52. The summed E-state index contributed by atoms with van der Waals surface area (Å²) in [7, 11) is 0. The molecule has 0 saturated carbocycles. The second kappa shape index (κ2) is 6.08. The number of nitrogens with zero attached hydrogens (tertiary/aromatic N) is 2. The van der Waals surface area contributed by atoms with Gasteiger partial charge in [0, 0.05) is 11.8 Å². The minimum atomic E-state index is 0.149. The lowest BCUT2D eigenvalue weighted by molar-refractivity contribution is 0.242. The summed E-state index contributed by atoms with van der Waals surface area (Å²) >= 11 is 11.7. The van der Waals surface area contributed by atoms with E-state index in [1.54, 1.807) is 6.07 Å². The van der Waals surface area contributed by atoms with Crippen molar-refractivity contribution in [2.45, 2.75) is 20.0 Å². The van der Waals surface area contributed by atoms with Gasteiger partial charge in [-0.25, -0.2) is 0 Å². The van der Waals surface area contributed by atoms with E-state index in [9.17, 15) is 0 Å². The van der Waals surface area contributed by atoms with Gasteiger partial charge < -0.3 is 10.1 Å². The van der Waals surface area contributed by atoms with E-state index < -0.39 is 0 Å². The summed E-state index contributed by atoms with van der Waals surface area (Å²) in [4.78, 5) is 0. The van der Waals surface area contributed by atoms with E-state index in [1.165, 1.54) is 0 Å². The lowest BCUT2D eigenvalue weighted by Crippen LogP contribution is -2.05. The first kappa shape index (κ1) is 13.9. The van der Waals surface area contributed by atoms with Crippen LogP contribution in [0.2, 0.25) is 10.3 Å². The van der Waals surface area contributed by atoms with Crippen LogP contribution < -0.4 is 10.1 Å². The summed E-state index contributed by atoms with van der Waals surface area (Å²) in [6.45, 7) is 3.97. The Bertz CT molecular complexity index is 558. The van der Waals surface area contributed by atoms with Crippen molar-refractivity contribution in [3.8, 4) is 5.75 Å². The van der Waals surface area contributed by atoms with Crippen LogP contribution in [0.5, 0.6) is 5.75 Å². The summed E-state index contributed by atoms with van der Waals surface area (Å²) < 4.78 is 5.56. The molecular formula is C13H13Cl2N3O. The maximum atomic E-state index is 5.93. The summed E-state index contributed by atoms with van der Waals surface area (Å²) in [6.07, 6.45) is 0.149. The molecule has 2 rings (SSSR count). The number of rotatable bonds is 4. The number of anilines is 2.